The summed E-state index contributed by atoms with van der Waals surface area (Å²) in [7, 11) is -3.40. The van der Waals surface area contributed by atoms with Crippen molar-refractivity contribution >= 4 is 27.5 Å². The third kappa shape index (κ3) is 4.37. The number of nitrogens with zero attached hydrogens (tertiary/aromatic N) is 1. The Labute approximate surface area is 158 Å². The Kier molecular flexibility index (Phi) is 5.84. The maximum atomic E-state index is 12.7. The number of rotatable bonds is 3. The number of hydrogen-bond donors (Lipinski definition) is 0. The van der Waals surface area contributed by atoms with E-state index < -0.39 is 21.2 Å². The molecule has 0 aliphatic carbocycles. The van der Waals surface area contributed by atoms with Crippen molar-refractivity contribution in [1.29, 1.82) is 0 Å². The minimum Gasteiger partial charge on any atom is -0.445 e. The summed E-state index contributed by atoms with van der Waals surface area (Å²) in [5, 5.41) is -0.274. The van der Waals surface area contributed by atoms with E-state index in [1.807, 2.05) is 30.3 Å². The molecule has 1 heterocycles. The van der Waals surface area contributed by atoms with Crippen LogP contribution in [0.3, 0.4) is 0 Å². The van der Waals surface area contributed by atoms with Crippen LogP contribution in [0.2, 0.25) is 5.02 Å². The van der Waals surface area contributed by atoms with Gasteiger partial charge in [-0.25, -0.2) is 13.2 Å². The van der Waals surface area contributed by atoms with E-state index in [0.717, 1.165) is 5.56 Å². The Bertz CT molecular complexity index is 870. The first-order valence-corrected chi connectivity index (χ1v) is 10.5. The molecular weight excluding hydrogens is 374 g/mol. The average Bonchev–Trinajstić information content (AvgIpc) is 2.79. The molecule has 0 aromatic heterocycles. The molecule has 1 saturated heterocycles. The fourth-order valence-corrected chi connectivity index (χ4v) is 5.17. The van der Waals surface area contributed by atoms with Crippen LogP contribution in [0.4, 0.5) is 4.79 Å². The largest absolute Gasteiger partial charge is 0.445 e. The molecule has 1 unspecified atom stereocenters. The number of amides is 1. The first-order valence-electron chi connectivity index (χ1n) is 8.39. The molecule has 0 bridgehead atoms. The van der Waals surface area contributed by atoms with Crippen LogP contribution in [0.25, 0.3) is 0 Å². The number of ether oxygens (including phenoxy) is 1. The lowest BCUT2D eigenvalue weighted by Gasteiger charge is -2.19. The summed E-state index contributed by atoms with van der Waals surface area (Å²) in [5.41, 5.74) is 1.48. The third-order valence-electron chi connectivity index (χ3n) is 4.46. The molecule has 5 nitrogen and oxygen atoms in total. The van der Waals surface area contributed by atoms with Crippen molar-refractivity contribution in [2.24, 2.45) is 0 Å². The van der Waals surface area contributed by atoms with E-state index >= 15 is 0 Å². The molecule has 1 aliphatic rings. The number of benzene rings is 2. The Morgan fingerprint density at radius 1 is 1.08 bits per heavy atom. The molecular formula is C19H20ClNO4S. The second-order valence-corrected chi connectivity index (χ2v) is 8.90. The highest BCUT2D eigenvalue weighted by atomic mass is 35.5. The number of hydrogen-bond acceptors (Lipinski definition) is 4. The van der Waals surface area contributed by atoms with Gasteiger partial charge in [-0.3, -0.25) is 0 Å². The summed E-state index contributed by atoms with van der Waals surface area (Å²) < 4.78 is 30.7. The van der Waals surface area contributed by atoms with E-state index in [1.165, 1.54) is 4.90 Å². The molecule has 0 radical (unpaired) electrons. The fraction of sp³-hybridized carbons (Fsp3) is 0.316. The topological polar surface area (TPSA) is 63.7 Å². The maximum Gasteiger partial charge on any atom is 0.410 e. The van der Waals surface area contributed by atoms with Crippen molar-refractivity contribution in [3.05, 3.63) is 70.7 Å². The molecule has 1 aliphatic heterocycles. The molecule has 0 spiro atoms. The van der Waals surface area contributed by atoms with Crippen molar-refractivity contribution < 1.29 is 17.9 Å². The summed E-state index contributed by atoms with van der Waals surface area (Å²) in [6, 6.07) is 16.3. The molecule has 7 heteroatoms. The number of carbonyl (C=O) groups is 1. The van der Waals surface area contributed by atoms with E-state index in [4.69, 9.17) is 16.3 Å². The standard InChI is InChI=1S/C19H20ClNO4S/c20-17-9-5-4-8-16(17)18-10-11-21(12-13-26(18,23)24)19(22)25-14-15-6-2-1-3-7-15/h1-9,18H,10-14H2. The molecule has 2 aromatic rings. The van der Waals surface area contributed by atoms with E-state index in [0.29, 0.717) is 23.6 Å². The van der Waals surface area contributed by atoms with Crippen LogP contribution in [0.1, 0.15) is 22.8 Å². The second kappa shape index (κ2) is 8.10. The van der Waals surface area contributed by atoms with Crippen molar-refractivity contribution in [1.82, 2.24) is 4.90 Å². The summed E-state index contributed by atoms with van der Waals surface area (Å²) in [6.45, 7) is 0.594. The molecule has 3 rings (SSSR count). The third-order valence-corrected chi connectivity index (χ3v) is 6.91. The van der Waals surface area contributed by atoms with Gasteiger partial charge in [-0.1, -0.05) is 60.1 Å². The minimum absolute atomic E-state index is 0.108. The lowest BCUT2D eigenvalue weighted by atomic mass is 10.1. The van der Waals surface area contributed by atoms with E-state index in [1.54, 1.807) is 24.3 Å². The van der Waals surface area contributed by atoms with Crippen LogP contribution in [-0.4, -0.2) is 38.3 Å². The molecule has 1 amide bonds. The lowest BCUT2D eigenvalue weighted by Crippen LogP contribution is -2.34. The van der Waals surface area contributed by atoms with Gasteiger partial charge in [0.05, 0.1) is 11.0 Å². The Balaban J connectivity index is 1.68. The number of carbonyl (C=O) groups excluding carboxylic acids is 1. The van der Waals surface area contributed by atoms with Gasteiger partial charge in [-0.2, -0.15) is 0 Å². The van der Waals surface area contributed by atoms with Crippen LogP contribution in [0.15, 0.2) is 54.6 Å². The van der Waals surface area contributed by atoms with Crippen LogP contribution < -0.4 is 0 Å². The van der Waals surface area contributed by atoms with Gasteiger partial charge in [0, 0.05) is 18.1 Å². The Morgan fingerprint density at radius 3 is 2.50 bits per heavy atom. The van der Waals surface area contributed by atoms with Gasteiger partial charge in [-0.15, -0.1) is 0 Å². The zero-order valence-corrected chi connectivity index (χ0v) is 15.7. The van der Waals surface area contributed by atoms with Crippen LogP contribution in [0, 0.1) is 0 Å². The molecule has 1 fully saturated rings. The molecule has 26 heavy (non-hydrogen) atoms. The van der Waals surface area contributed by atoms with Gasteiger partial charge >= 0.3 is 6.09 Å². The zero-order valence-electron chi connectivity index (χ0n) is 14.2. The second-order valence-electron chi connectivity index (χ2n) is 6.19. The summed E-state index contributed by atoms with van der Waals surface area (Å²) in [4.78, 5) is 13.8. The zero-order chi connectivity index (χ0) is 18.6. The van der Waals surface area contributed by atoms with Crippen LogP contribution in [-0.2, 0) is 21.2 Å². The highest BCUT2D eigenvalue weighted by molar-refractivity contribution is 7.91. The summed E-state index contributed by atoms with van der Waals surface area (Å²) in [6.07, 6.45) is -0.198. The molecule has 0 N–H and O–H groups in total. The van der Waals surface area contributed by atoms with Gasteiger partial charge in [0.15, 0.2) is 9.84 Å². The minimum atomic E-state index is -3.40. The Morgan fingerprint density at radius 2 is 1.77 bits per heavy atom. The van der Waals surface area contributed by atoms with Gasteiger partial charge in [0.25, 0.3) is 0 Å². The molecule has 138 valence electrons. The van der Waals surface area contributed by atoms with Crippen LogP contribution >= 0.6 is 11.6 Å². The van der Waals surface area contributed by atoms with Crippen LogP contribution in [0.5, 0.6) is 0 Å². The lowest BCUT2D eigenvalue weighted by molar-refractivity contribution is 0.0985. The van der Waals surface area contributed by atoms with E-state index in [-0.39, 0.29) is 18.9 Å². The normalized spacial score (nSPS) is 19.6. The first-order chi connectivity index (χ1) is 12.5. The molecule has 1 atom stereocenters. The monoisotopic (exact) mass is 393 g/mol. The predicted molar refractivity (Wildman–Crippen MR) is 101 cm³/mol. The quantitative estimate of drug-likeness (QED) is 0.794. The maximum absolute atomic E-state index is 12.7. The smallest absolute Gasteiger partial charge is 0.410 e. The highest BCUT2D eigenvalue weighted by Crippen LogP contribution is 2.33. The predicted octanol–water partition coefficient (Wildman–Crippen LogP) is 3.84. The van der Waals surface area contributed by atoms with Crippen molar-refractivity contribution in [3.63, 3.8) is 0 Å². The molecule has 0 saturated carbocycles. The average molecular weight is 394 g/mol. The van der Waals surface area contributed by atoms with Gasteiger partial charge in [-0.05, 0) is 23.6 Å². The highest BCUT2D eigenvalue weighted by Gasteiger charge is 2.34. The molecule has 2 aromatic carbocycles. The van der Waals surface area contributed by atoms with Gasteiger partial charge in [0.2, 0.25) is 0 Å². The van der Waals surface area contributed by atoms with Crippen molar-refractivity contribution in [3.8, 4) is 0 Å². The fourth-order valence-electron chi connectivity index (χ4n) is 3.02. The van der Waals surface area contributed by atoms with Crippen molar-refractivity contribution in [2.75, 3.05) is 18.8 Å². The number of halogens is 1. The first kappa shape index (κ1) is 18.7. The summed E-state index contributed by atoms with van der Waals surface area (Å²) in [5.74, 6) is -0.108. The van der Waals surface area contributed by atoms with Crippen molar-refractivity contribution in [2.45, 2.75) is 18.3 Å². The van der Waals surface area contributed by atoms with Gasteiger partial charge in [0.1, 0.15) is 6.61 Å². The van der Waals surface area contributed by atoms with Gasteiger partial charge < -0.3 is 9.64 Å². The number of sulfone groups is 1. The Hall–Kier alpha value is -2.05. The summed E-state index contributed by atoms with van der Waals surface area (Å²) >= 11 is 6.18. The van der Waals surface area contributed by atoms with E-state index in [9.17, 15) is 13.2 Å². The van der Waals surface area contributed by atoms with E-state index in [2.05, 4.69) is 0 Å². The SMILES string of the molecule is O=C(OCc1ccccc1)N1CCC(c2ccccc2Cl)S(=O)(=O)CC1.